The van der Waals surface area contributed by atoms with Crippen LogP contribution < -0.4 is 14.8 Å². The second-order valence-corrected chi connectivity index (χ2v) is 5.50. The van der Waals surface area contributed by atoms with Gasteiger partial charge in [-0.25, -0.2) is 4.79 Å². The van der Waals surface area contributed by atoms with Crippen molar-refractivity contribution < 1.29 is 32.6 Å². The molecule has 1 N–H and O–H groups in total. The number of halogens is 2. The standard InChI is InChI=1S/C19H19F2NO5/c1-12(17(23)22-11-13-6-4-3-5-7-13)26-18(24)14-8-9-15(27-19(20)21)16(10-14)25-2/h3-10,12,19H,11H2,1-2H3,(H,22,23)/t12-/m1/s1. The van der Waals surface area contributed by atoms with E-state index in [1.807, 2.05) is 30.3 Å². The Morgan fingerprint density at radius 3 is 2.41 bits per heavy atom. The number of carbonyl (C=O) groups is 2. The Bertz CT molecular complexity index is 783. The molecule has 0 heterocycles. The molecule has 0 aliphatic heterocycles. The van der Waals surface area contributed by atoms with Gasteiger partial charge in [0.2, 0.25) is 0 Å². The number of rotatable bonds is 8. The quantitative estimate of drug-likeness (QED) is 0.714. The lowest BCUT2D eigenvalue weighted by atomic mass is 10.2. The van der Waals surface area contributed by atoms with Crippen LogP contribution in [-0.4, -0.2) is 31.7 Å². The lowest BCUT2D eigenvalue weighted by molar-refractivity contribution is -0.129. The molecule has 0 saturated carbocycles. The highest BCUT2D eigenvalue weighted by Gasteiger charge is 2.20. The number of hydrogen-bond acceptors (Lipinski definition) is 5. The first-order valence-electron chi connectivity index (χ1n) is 8.06. The monoisotopic (exact) mass is 379 g/mol. The molecule has 0 spiro atoms. The number of carbonyl (C=O) groups excluding carboxylic acids is 2. The topological polar surface area (TPSA) is 73.9 Å². The first-order valence-corrected chi connectivity index (χ1v) is 8.06. The van der Waals surface area contributed by atoms with Crippen molar-refractivity contribution in [3.8, 4) is 11.5 Å². The van der Waals surface area contributed by atoms with Crippen molar-refractivity contribution in [2.75, 3.05) is 7.11 Å². The molecule has 2 aromatic rings. The Morgan fingerprint density at radius 2 is 1.78 bits per heavy atom. The molecule has 0 bridgehead atoms. The van der Waals surface area contributed by atoms with E-state index >= 15 is 0 Å². The van der Waals surface area contributed by atoms with E-state index in [4.69, 9.17) is 9.47 Å². The number of esters is 1. The molecule has 2 aromatic carbocycles. The molecule has 0 unspecified atom stereocenters. The summed E-state index contributed by atoms with van der Waals surface area (Å²) in [6.45, 7) is -1.29. The smallest absolute Gasteiger partial charge is 0.387 e. The fourth-order valence-corrected chi connectivity index (χ4v) is 2.20. The minimum atomic E-state index is -3.02. The third-order valence-electron chi connectivity index (χ3n) is 3.58. The Hall–Kier alpha value is -3.16. The highest BCUT2D eigenvalue weighted by atomic mass is 19.3. The average Bonchev–Trinajstić information content (AvgIpc) is 2.66. The maximum atomic E-state index is 12.3. The Labute approximate surface area is 155 Å². The van der Waals surface area contributed by atoms with Crippen molar-refractivity contribution >= 4 is 11.9 Å². The number of hydrogen-bond donors (Lipinski definition) is 1. The van der Waals surface area contributed by atoms with Gasteiger partial charge in [-0.2, -0.15) is 8.78 Å². The van der Waals surface area contributed by atoms with Crippen LogP contribution >= 0.6 is 0 Å². The summed E-state index contributed by atoms with van der Waals surface area (Å²) in [7, 11) is 1.25. The van der Waals surface area contributed by atoms with Crippen molar-refractivity contribution in [1.29, 1.82) is 0 Å². The summed E-state index contributed by atoms with van der Waals surface area (Å²) in [5.74, 6) is -1.51. The number of ether oxygens (including phenoxy) is 3. The molecule has 0 aromatic heterocycles. The van der Waals surface area contributed by atoms with Crippen LogP contribution in [0.15, 0.2) is 48.5 Å². The Kier molecular flexibility index (Phi) is 7.10. The number of alkyl halides is 2. The molecule has 2 rings (SSSR count). The van der Waals surface area contributed by atoms with E-state index in [2.05, 4.69) is 10.1 Å². The zero-order valence-electron chi connectivity index (χ0n) is 14.8. The van der Waals surface area contributed by atoms with Crippen LogP contribution in [0, 0.1) is 0 Å². The van der Waals surface area contributed by atoms with E-state index in [0.29, 0.717) is 6.54 Å². The van der Waals surface area contributed by atoms with Crippen molar-refractivity contribution in [2.45, 2.75) is 26.2 Å². The maximum absolute atomic E-state index is 12.3. The van der Waals surface area contributed by atoms with Gasteiger partial charge in [-0.1, -0.05) is 30.3 Å². The highest BCUT2D eigenvalue weighted by molar-refractivity contribution is 5.92. The summed E-state index contributed by atoms with van der Waals surface area (Å²) >= 11 is 0. The first-order chi connectivity index (χ1) is 12.9. The van der Waals surface area contributed by atoms with Gasteiger partial charge in [-0.15, -0.1) is 0 Å². The summed E-state index contributed by atoms with van der Waals surface area (Å²) < 4.78 is 39.0. The molecular formula is C19H19F2NO5. The van der Waals surface area contributed by atoms with E-state index < -0.39 is 24.6 Å². The van der Waals surface area contributed by atoms with Crippen molar-refractivity contribution in [3.63, 3.8) is 0 Å². The molecule has 144 valence electrons. The van der Waals surface area contributed by atoms with Crippen molar-refractivity contribution in [2.24, 2.45) is 0 Å². The number of methoxy groups -OCH3 is 1. The summed E-state index contributed by atoms with van der Waals surface area (Å²) in [4.78, 5) is 24.3. The molecular weight excluding hydrogens is 360 g/mol. The van der Waals surface area contributed by atoms with Crippen LogP contribution in [0.1, 0.15) is 22.8 Å². The summed E-state index contributed by atoms with van der Waals surface area (Å²) in [5, 5.41) is 2.66. The molecule has 27 heavy (non-hydrogen) atoms. The van der Waals surface area contributed by atoms with Gasteiger partial charge in [0.1, 0.15) is 0 Å². The third-order valence-corrected chi connectivity index (χ3v) is 3.58. The van der Waals surface area contributed by atoms with Gasteiger partial charge < -0.3 is 19.5 Å². The van der Waals surface area contributed by atoms with Crippen LogP contribution in [-0.2, 0) is 16.1 Å². The number of benzene rings is 2. The summed E-state index contributed by atoms with van der Waals surface area (Å²) in [6, 6.07) is 12.9. The molecule has 0 radical (unpaired) electrons. The molecule has 0 aliphatic rings. The minimum absolute atomic E-state index is 0.0381. The van der Waals surface area contributed by atoms with E-state index in [0.717, 1.165) is 5.56 Å². The molecule has 1 amide bonds. The number of nitrogens with one attached hydrogen (secondary N) is 1. The largest absolute Gasteiger partial charge is 0.493 e. The molecule has 1 atom stereocenters. The predicted octanol–water partition coefficient (Wildman–Crippen LogP) is 3.16. The SMILES string of the molecule is COc1cc(C(=O)O[C@H](C)C(=O)NCc2ccccc2)ccc1OC(F)F. The second-order valence-electron chi connectivity index (χ2n) is 5.50. The normalized spacial score (nSPS) is 11.6. The van der Waals surface area contributed by atoms with E-state index in [1.165, 1.54) is 32.2 Å². The summed E-state index contributed by atoms with van der Waals surface area (Å²) in [5.41, 5.74) is 0.944. The van der Waals surface area contributed by atoms with Crippen molar-refractivity contribution in [1.82, 2.24) is 5.32 Å². The van der Waals surface area contributed by atoms with E-state index in [-0.39, 0.29) is 17.1 Å². The Balaban J connectivity index is 1.95. The van der Waals surface area contributed by atoms with Gasteiger partial charge >= 0.3 is 12.6 Å². The van der Waals surface area contributed by atoms with Gasteiger partial charge in [0, 0.05) is 6.54 Å². The van der Waals surface area contributed by atoms with Crippen molar-refractivity contribution in [3.05, 3.63) is 59.7 Å². The van der Waals surface area contributed by atoms with E-state index in [1.54, 1.807) is 0 Å². The average molecular weight is 379 g/mol. The third kappa shape index (κ3) is 5.95. The van der Waals surface area contributed by atoms with Crippen LogP contribution in [0.25, 0.3) is 0 Å². The van der Waals surface area contributed by atoms with Crippen LogP contribution in [0.2, 0.25) is 0 Å². The molecule has 0 fully saturated rings. The fourth-order valence-electron chi connectivity index (χ4n) is 2.20. The van der Waals surface area contributed by atoms with Crippen LogP contribution in [0.4, 0.5) is 8.78 Å². The summed E-state index contributed by atoms with van der Waals surface area (Å²) in [6.07, 6.45) is -1.04. The van der Waals surface area contributed by atoms with Gasteiger partial charge in [0.05, 0.1) is 12.7 Å². The maximum Gasteiger partial charge on any atom is 0.387 e. The number of amides is 1. The zero-order valence-corrected chi connectivity index (χ0v) is 14.8. The Morgan fingerprint density at radius 1 is 1.07 bits per heavy atom. The van der Waals surface area contributed by atoms with Gasteiger partial charge in [0.15, 0.2) is 17.6 Å². The fraction of sp³-hybridized carbons (Fsp3) is 0.263. The second kappa shape index (κ2) is 9.51. The van der Waals surface area contributed by atoms with E-state index in [9.17, 15) is 18.4 Å². The minimum Gasteiger partial charge on any atom is -0.493 e. The molecule has 8 heteroatoms. The molecule has 0 saturated heterocycles. The van der Waals surface area contributed by atoms with Gasteiger partial charge in [-0.3, -0.25) is 4.79 Å². The molecule has 6 nitrogen and oxygen atoms in total. The lowest BCUT2D eigenvalue weighted by Crippen LogP contribution is -2.35. The first kappa shape index (κ1) is 20.2. The van der Waals surface area contributed by atoms with Crippen LogP contribution in [0.3, 0.4) is 0 Å². The highest BCUT2D eigenvalue weighted by Crippen LogP contribution is 2.29. The lowest BCUT2D eigenvalue weighted by Gasteiger charge is -2.15. The van der Waals surface area contributed by atoms with Crippen LogP contribution in [0.5, 0.6) is 11.5 Å². The van der Waals surface area contributed by atoms with Gasteiger partial charge in [-0.05, 0) is 30.7 Å². The zero-order chi connectivity index (χ0) is 19.8. The van der Waals surface area contributed by atoms with Gasteiger partial charge in [0.25, 0.3) is 5.91 Å². The molecule has 0 aliphatic carbocycles. The predicted molar refractivity (Wildman–Crippen MR) is 92.8 cm³/mol.